The molecule has 6 heteroatoms. The van der Waals surface area contributed by atoms with Crippen LogP contribution >= 0.6 is 11.3 Å². The number of likely N-dealkylation sites (tertiary alicyclic amines) is 1. The van der Waals surface area contributed by atoms with E-state index in [1.54, 1.807) is 0 Å². The van der Waals surface area contributed by atoms with Crippen LogP contribution in [0.25, 0.3) is 0 Å². The van der Waals surface area contributed by atoms with Gasteiger partial charge in [-0.2, -0.15) is 0 Å². The summed E-state index contributed by atoms with van der Waals surface area (Å²) in [4.78, 5) is 18.4. The highest BCUT2D eigenvalue weighted by atomic mass is 32.1. The summed E-state index contributed by atoms with van der Waals surface area (Å²) in [5.74, 6) is 0.146. The average Bonchev–Trinajstić information content (AvgIpc) is 3.08. The lowest BCUT2D eigenvalue weighted by Crippen LogP contribution is -2.69. The van der Waals surface area contributed by atoms with E-state index in [4.69, 9.17) is 0 Å². The van der Waals surface area contributed by atoms with Gasteiger partial charge in [0, 0.05) is 41.4 Å². The van der Waals surface area contributed by atoms with E-state index in [2.05, 4.69) is 33.8 Å². The molecule has 142 valence electrons. The molecule has 1 saturated heterocycles. The second-order valence-electron chi connectivity index (χ2n) is 8.07. The fourth-order valence-electron chi connectivity index (χ4n) is 4.82. The smallest absolute Gasteiger partial charge is 0.322 e. The predicted molar refractivity (Wildman–Crippen MR) is 107 cm³/mol. The van der Waals surface area contributed by atoms with Gasteiger partial charge in [-0.15, -0.1) is 11.3 Å². The molecule has 1 aromatic heterocycles. The third-order valence-electron chi connectivity index (χ3n) is 6.47. The molecule has 27 heavy (non-hydrogen) atoms. The number of anilines is 2. The summed E-state index contributed by atoms with van der Waals surface area (Å²) in [6, 6.07) is 10.3. The quantitative estimate of drug-likeness (QED) is 0.834. The predicted octanol–water partition coefficient (Wildman–Crippen LogP) is 4.67. The van der Waals surface area contributed by atoms with Gasteiger partial charge < -0.3 is 15.1 Å². The number of nitrogens with one attached hydrogen (secondary N) is 1. The summed E-state index contributed by atoms with van der Waals surface area (Å²) in [5.41, 5.74) is 3.38. The van der Waals surface area contributed by atoms with Crippen LogP contribution in [-0.4, -0.2) is 36.2 Å². The molecule has 3 heterocycles. The SMILES string of the molecule is O=C(Nc1ccc(N2CCc3sccc3C2)cc1)N1CCC12CC(CF)C2. The molecule has 2 aromatic rings. The number of alkyl halides is 1. The number of amides is 2. The summed E-state index contributed by atoms with van der Waals surface area (Å²) < 4.78 is 12.7. The Balaban J connectivity index is 1.21. The van der Waals surface area contributed by atoms with Crippen molar-refractivity contribution in [2.75, 3.05) is 30.0 Å². The Labute approximate surface area is 163 Å². The van der Waals surface area contributed by atoms with Gasteiger partial charge in [0.05, 0.1) is 6.67 Å². The van der Waals surface area contributed by atoms with Crippen LogP contribution in [0, 0.1) is 5.92 Å². The number of benzene rings is 1. The molecule has 2 amide bonds. The third kappa shape index (κ3) is 2.90. The zero-order chi connectivity index (χ0) is 18.4. The van der Waals surface area contributed by atoms with Crippen molar-refractivity contribution in [1.82, 2.24) is 4.90 Å². The van der Waals surface area contributed by atoms with E-state index in [-0.39, 0.29) is 24.2 Å². The summed E-state index contributed by atoms with van der Waals surface area (Å²) >= 11 is 1.85. The maximum Gasteiger partial charge on any atom is 0.322 e. The van der Waals surface area contributed by atoms with E-state index < -0.39 is 0 Å². The van der Waals surface area contributed by atoms with E-state index in [1.807, 2.05) is 28.4 Å². The molecular weight excluding hydrogens is 361 g/mol. The van der Waals surface area contributed by atoms with Crippen molar-refractivity contribution >= 4 is 28.7 Å². The first kappa shape index (κ1) is 17.0. The number of carbonyl (C=O) groups excluding carboxylic acids is 1. The fourth-order valence-corrected chi connectivity index (χ4v) is 5.71. The standard InChI is InChI=1S/C21H24FN3OS/c22-13-15-11-21(12-15)7-9-25(21)20(26)23-17-1-3-18(4-2-17)24-8-5-19-16(14-24)6-10-27-19/h1-4,6,10,15H,5,7-9,11-14H2,(H,23,26). The number of nitrogens with zero attached hydrogens (tertiary/aromatic N) is 2. The Kier molecular flexibility index (Phi) is 4.11. The summed E-state index contributed by atoms with van der Waals surface area (Å²) in [6.45, 7) is 2.50. The Bertz CT molecular complexity index is 843. The molecule has 0 atom stereocenters. The van der Waals surface area contributed by atoms with Crippen LogP contribution in [0.15, 0.2) is 35.7 Å². The second kappa shape index (κ2) is 6.51. The lowest BCUT2D eigenvalue weighted by atomic mass is 9.62. The number of fused-ring (bicyclic) bond motifs is 1. The number of hydrogen-bond donors (Lipinski definition) is 1. The maximum absolute atomic E-state index is 12.7. The molecule has 2 fully saturated rings. The number of halogens is 1. The van der Waals surface area contributed by atoms with Gasteiger partial charge in [-0.1, -0.05) is 0 Å². The van der Waals surface area contributed by atoms with E-state index in [0.29, 0.717) is 0 Å². The van der Waals surface area contributed by atoms with Gasteiger partial charge in [0.1, 0.15) is 0 Å². The van der Waals surface area contributed by atoms with Gasteiger partial charge in [0.25, 0.3) is 0 Å². The van der Waals surface area contributed by atoms with Crippen molar-refractivity contribution in [1.29, 1.82) is 0 Å². The number of hydrogen-bond acceptors (Lipinski definition) is 3. The molecule has 0 bridgehead atoms. The number of thiophene rings is 1. The van der Waals surface area contributed by atoms with Gasteiger partial charge in [-0.25, -0.2) is 4.79 Å². The molecule has 1 N–H and O–H groups in total. The average molecular weight is 386 g/mol. The van der Waals surface area contributed by atoms with E-state index in [0.717, 1.165) is 51.0 Å². The van der Waals surface area contributed by atoms with Crippen molar-refractivity contribution in [2.45, 2.75) is 37.8 Å². The molecule has 0 unspecified atom stereocenters. The van der Waals surface area contributed by atoms with Crippen LogP contribution in [0.2, 0.25) is 0 Å². The first-order valence-electron chi connectivity index (χ1n) is 9.72. The molecular formula is C21H24FN3OS. The van der Waals surface area contributed by atoms with Crippen molar-refractivity contribution in [3.8, 4) is 0 Å². The Morgan fingerprint density at radius 2 is 2.04 bits per heavy atom. The van der Waals surface area contributed by atoms with Crippen LogP contribution in [0.5, 0.6) is 0 Å². The molecule has 3 aliphatic rings. The molecule has 1 spiro atoms. The zero-order valence-electron chi connectivity index (χ0n) is 15.3. The Morgan fingerprint density at radius 1 is 1.22 bits per heavy atom. The summed E-state index contributed by atoms with van der Waals surface area (Å²) in [7, 11) is 0. The van der Waals surface area contributed by atoms with Gasteiger partial charge >= 0.3 is 6.03 Å². The van der Waals surface area contributed by atoms with Crippen LogP contribution in [0.4, 0.5) is 20.6 Å². The van der Waals surface area contributed by atoms with Gasteiger partial charge in [0.2, 0.25) is 0 Å². The van der Waals surface area contributed by atoms with Crippen molar-refractivity contribution in [3.63, 3.8) is 0 Å². The van der Waals surface area contributed by atoms with Gasteiger partial charge in [-0.3, -0.25) is 4.39 Å². The minimum atomic E-state index is -0.262. The van der Waals surface area contributed by atoms with Crippen LogP contribution in [0.3, 0.4) is 0 Å². The number of urea groups is 1. The molecule has 4 nitrogen and oxygen atoms in total. The molecule has 1 aromatic carbocycles. The van der Waals surface area contributed by atoms with Crippen molar-refractivity contribution in [2.24, 2.45) is 5.92 Å². The highest BCUT2D eigenvalue weighted by molar-refractivity contribution is 7.10. The Hall–Kier alpha value is -2.08. The lowest BCUT2D eigenvalue weighted by molar-refractivity contribution is -0.0737. The molecule has 1 aliphatic carbocycles. The first-order valence-corrected chi connectivity index (χ1v) is 10.6. The number of carbonyl (C=O) groups is 1. The minimum Gasteiger partial charge on any atom is -0.367 e. The summed E-state index contributed by atoms with van der Waals surface area (Å²) in [5, 5.41) is 5.19. The van der Waals surface area contributed by atoms with Crippen molar-refractivity contribution < 1.29 is 9.18 Å². The minimum absolute atomic E-state index is 0.0489. The van der Waals surface area contributed by atoms with E-state index >= 15 is 0 Å². The van der Waals surface area contributed by atoms with Crippen molar-refractivity contribution in [3.05, 3.63) is 46.2 Å². The molecule has 2 aliphatic heterocycles. The normalized spacial score (nSPS) is 26.3. The fraction of sp³-hybridized carbons (Fsp3) is 0.476. The Morgan fingerprint density at radius 3 is 2.74 bits per heavy atom. The largest absolute Gasteiger partial charge is 0.367 e. The maximum atomic E-state index is 12.7. The van der Waals surface area contributed by atoms with Crippen LogP contribution < -0.4 is 10.2 Å². The first-order chi connectivity index (χ1) is 13.2. The topological polar surface area (TPSA) is 35.6 Å². The van der Waals surface area contributed by atoms with E-state index in [9.17, 15) is 9.18 Å². The van der Waals surface area contributed by atoms with E-state index in [1.165, 1.54) is 16.1 Å². The molecule has 1 saturated carbocycles. The monoisotopic (exact) mass is 385 g/mol. The molecule has 0 radical (unpaired) electrons. The van der Waals surface area contributed by atoms with Crippen LogP contribution in [0.1, 0.15) is 29.7 Å². The third-order valence-corrected chi connectivity index (χ3v) is 7.49. The second-order valence-corrected chi connectivity index (χ2v) is 9.07. The zero-order valence-corrected chi connectivity index (χ0v) is 16.1. The van der Waals surface area contributed by atoms with Gasteiger partial charge in [0.15, 0.2) is 0 Å². The molecule has 5 rings (SSSR count). The lowest BCUT2D eigenvalue weighted by Gasteiger charge is -2.60. The van der Waals surface area contributed by atoms with Gasteiger partial charge in [-0.05, 0) is 72.9 Å². The van der Waals surface area contributed by atoms with Crippen LogP contribution in [-0.2, 0) is 13.0 Å². The summed E-state index contributed by atoms with van der Waals surface area (Å²) in [6.07, 6.45) is 3.74. The number of rotatable bonds is 3. The highest BCUT2D eigenvalue weighted by Crippen LogP contribution is 2.50. The highest BCUT2D eigenvalue weighted by Gasteiger charge is 2.55.